The topological polar surface area (TPSA) is 69.3 Å². The predicted molar refractivity (Wildman–Crippen MR) is 136 cm³/mol. The molecule has 32 heavy (non-hydrogen) atoms. The van der Waals surface area contributed by atoms with E-state index in [0.29, 0.717) is 45.6 Å². The molecule has 0 N–H and O–H groups in total. The number of anilines is 1. The first-order chi connectivity index (χ1) is 15.1. The monoisotopic (exact) mass is 472 g/mol. The zero-order valence-corrected chi connectivity index (χ0v) is 21.4. The first kappa shape index (κ1) is 24.5. The van der Waals surface area contributed by atoms with E-state index >= 15 is 0 Å². The van der Waals surface area contributed by atoms with Gasteiger partial charge in [-0.3, -0.25) is 19.1 Å². The maximum Gasteiger partial charge on any atom is 0.270 e. The SMILES string of the molecule is CCn1c(N2CC(C)CC(C)C2)c(/C=C2\SC(=S)N(CC(C)C)C2=O)c(C)c(C#N)c1=O. The third-order valence-electron chi connectivity index (χ3n) is 6.03. The Balaban J connectivity index is 2.22. The second kappa shape index (κ2) is 9.80. The van der Waals surface area contributed by atoms with Crippen LogP contribution in [0.4, 0.5) is 5.82 Å². The van der Waals surface area contributed by atoms with E-state index < -0.39 is 0 Å². The average Bonchev–Trinajstić information content (AvgIpc) is 2.96. The molecule has 2 saturated heterocycles. The summed E-state index contributed by atoms with van der Waals surface area (Å²) in [6, 6.07) is 2.10. The van der Waals surface area contributed by atoms with Gasteiger partial charge >= 0.3 is 0 Å². The van der Waals surface area contributed by atoms with Gasteiger partial charge in [0.2, 0.25) is 0 Å². The van der Waals surface area contributed by atoms with E-state index in [-0.39, 0.29) is 17.0 Å². The molecule has 3 heterocycles. The average molecular weight is 473 g/mol. The van der Waals surface area contributed by atoms with Gasteiger partial charge < -0.3 is 4.90 Å². The molecule has 1 amide bonds. The molecule has 2 unspecified atom stereocenters. The third-order valence-corrected chi connectivity index (χ3v) is 7.41. The van der Waals surface area contributed by atoms with Gasteiger partial charge in [-0.15, -0.1) is 0 Å². The van der Waals surface area contributed by atoms with Gasteiger partial charge in [0.1, 0.15) is 21.8 Å². The van der Waals surface area contributed by atoms with Crippen LogP contribution in [-0.4, -0.2) is 39.3 Å². The van der Waals surface area contributed by atoms with Crippen LogP contribution in [0.2, 0.25) is 0 Å². The molecule has 1 aromatic rings. The first-order valence-electron chi connectivity index (χ1n) is 11.3. The van der Waals surface area contributed by atoms with E-state index in [1.54, 1.807) is 16.4 Å². The molecule has 6 nitrogen and oxygen atoms in total. The maximum absolute atomic E-state index is 13.1. The van der Waals surface area contributed by atoms with Gasteiger partial charge in [-0.2, -0.15) is 5.26 Å². The van der Waals surface area contributed by atoms with Crippen molar-refractivity contribution in [3.8, 4) is 6.07 Å². The lowest BCUT2D eigenvalue weighted by molar-refractivity contribution is -0.122. The number of amides is 1. The van der Waals surface area contributed by atoms with Crippen LogP contribution in [0, 0.1) is 36.0 Å². The van der Waals surface area contributed by atoms with E-state index in [9.17, 15) is 14.9 Å². The molecule has 2 atom stereocenters. The Kier molecular flexibility index (Phi) is 7.51. The van der Waals surface area contributed by atoms with Gasteiger partial charge in [0.25, 0.3) is 11.5 Å². The molecule has 1 aromatic heterocycles. The molecule has 2 aliphatic heterocycles. The zero-order valence-electron chi connectivity index (χ0n) is 19.8. The number of carbonyl (C=O) groups excluding carboxylic acids is 1. The van der Waals surface area contributed by atoms with Crippen LogP contribution in [0.1, 0.15) is 57.7 Å². The highest BCUT2D eigenvalue weighted by atomic mass is 32.2. The summed E-state index contributed by atoms with van der Waals surface area (Å²) >= 11 is 6.77. The second-order valence-electron chi connectivity index (χ2n) is 9.44. The normalized spacial score (nSPS) is 22.9. The Morgan fingerprint density at radius 2 is 1.88 bits per heavy atom. The Labute approximate surface area is 200 Å². The number of hydrogen-bond acceptors (Lipinski definition) is 6. The fraction of sp³-hybridized carbons (Fsp3) is 0.583. The number of aromatic nitrogens is 1. The van der Waals surface area contributed by atoms with E-state index in [1.165, 1.54) is 11.8 Å². The smallest absolute Gasteiger partial charge is 0.270 e. The summed E-state index contributed by atoms with van der Waals surface area (Å²) in [4.78, 5) is 30.7. The van der Waals surface area contributed by atoms with Gasteiger partial charge in [-0.05, 0) is 49.7 Å². The number of nitriles is 1. The predicted octanol–water partition coefficient (Wildman–Crippen LogP) is 4.39. The molecule has 0 saturated carbocycles. The molecule has 0 spiro atoms. The molecular weight excluding hydrogens is 440 g/mol. The molecule has 2 fully saturated rings. The summed E-state index contributed by atoms with van der Waals surface area (Å²) in [5, 5.41) is 9.73. The summed E-state index contributed by atoms with van der Waals surface area (Å²) in [6.45, 7) is 15.0. The van der Waals surface area contributed by atoms with Gasteiger partial charge in [-0.1, -0.05) is 51.7 Å². The van der Waals surface area contributed by atoms with Crippen molar-refractivity contribution < 1.29 is 4.79 Å². The van der Waals surface area contributed by atoms with Crippen molar-refractivity contribution in [2.24, 2.45) is 17.8 Å². The van der Waals surface area contributed by atoms with Crippen LogP contribution in [-0.2, 0) is 11.3 Å². The van der Waals surface area contributed by atoms with Crippen molar-refractivity contribution in [3.05, 3.63) is 31.9 Å². The highest BCUT2D eigenvalue weighted by molar-refractivity contribution is 8.26. The Morgan fingerprint density at radius 3 is 2.41 bits per heavy atom. The fourth-order valence-electron chi connectivity index (χ4n) is 4.77. The molecule has 3 rings (SSSR count). The molecule has 8 heteroatoms. The van der Waals surface area contributed by atoms with Crippen molar-refractivity contribution in [1.82, 2.24) is 9.47 Å². The number of thioether (sulfide) groups is 1. The molecule has 0 aromatic carbocycles. The Bertz CT molecular complexity index is 1060. The van der Waals surface area contributed by atoms with Crippen molar-refractivity contribution >= 4 is 46.1 Å². The molecule has 0 bridgehead atoms. The standard InChI is InChI=1S/C24H32N4O2S2/c1-7-27-21(26-12-15(4)8-16(5)13-26)18(17(6)19(10-25)22(27)29)9-20-23(30)28(11-14(2)3)24(31)32-20/h9,14-16H,7-8,11-13H2,1-6H3/b20-9-. The molecule has 0 radical (unpaired) electrons. The van der Waals surface area contributed by atoms with Crippen LogP contribution in [0.3, 0.4) is 0 Å². The quantitative estimate of drug-likeness (QED) is 0.468. The first-order valence-corrected chi connectivity index (χ1v) is 12.5. The molecule has 2 aliphatic rings. The number of piperidine rings is 1. The van der Waals surface area contributed by atoms with E-state index in [1.807, 2.05) is 13.0 Å². The van der Waals surface area contributed by atoms with Crippen LogP contribution < -0.4 is 10.5 Å². The summed E-state index contributed by atoms with van der Waals surface area (Å²) < 4.78 is 2.25. The number of carbonyl (C=O) groups is 1. The highest BCUT2D eigenvalue weighted by Gasteiger charge is 2.34. The minimum atomic E-state index is -0.266. The molecular formula is C24H32N4O2S2. The number of pyridine rings is 1. The Morgan fingerprint density at radius 1 is 1.25 bits per heavy atom. The number of rotatable bonds is 5. The third kappa shape index (κ3) is 4.65. The summed E-state index contributed by atoms with van der Waals surface area (Å²) in [5.41, 5.74) is 1.27. The lowest BCUT2D eigenvalue weighted by atomic mass is 9.91. The van der Waals surface area contributed by atoms with Crippen molar-refractivity contribution in [2.45, 2.75) is 54.5 Å². The maximum atomic E-state index is 13.1. The summed E-state index contributed by atoms with van der Waals surface area (Å²) in [5.74, 6) is 1.99. The number of nitrogens with zero attached hydrogens (tertiary/aromatic N) is 4. The fourth-order valence-corrected chi connectivity index (χ4v) is 6.02. The van der Waals surface area contributed by atoms with E-state index in [4.69, 9.17) is 12.2 Å². The van der Waals surface area contributed by atoms with Crippen molar-refractivity contribution in [3.63, 3.8) is 0 Å². The largest absolute Gasteiger partial charge is 0.357 e. The Hall–Kier alpha value is -2.11. The molecule has 172 valence electrons. The minimum absolute atomic E-state index is 0.104. The van der Waals surface area contributed by atoms with Gasteiger partial charge in [0, 0.05) is 31.7 Å². The zero-order chi connectivity index (χ0) is 23.7. The minimum Gasteiger partial charge on any atom is -0.357 e. The lowest BCUT2D eigenvalue weighted by Gasteiger charge is -2.38. The van der Waals surface area contributed by atoms with Crippen LogP contribution in [0.15, 0.2) is 9.70 Å². The number of hydrogen-bond donors (Lipinski definition) is 0. The summed E-state index contributed by atoms with van der Waals surface area (Å²) in [6.07, 6.45) is 2.99. The van der Waals surface area contributed by atoms with Gasteiger partial charge in [0.15, 0.2) is 0 Å². The van der Waals surface area contributed by atoms with Crippen molar-refractivity contribution in [1.29, 1.82) is 5.26 Å². The van der Waals surface area contributed by atoms with Crippen molar-refractivity contribution in [2.75, 3.05) is 24.5 Å². The number of thiocarbonyl (C=S) groups is 1. The van der Waals surface area contributed by atoms with Crippen LogP contribution in [0.5, 0.6) is 0 Å². The van der Waals surface area contributed by atoms with E-state index in [2.05, 4.69) is 38.7 Å². The summed E-state index contributed by atoms with van der Waals surface area (Å²) in [7, 11) is 0. The van der Waals surface area contributed by atoms with Gasteiger partial charge in [0.05, 0.1) is 4.91 Å². The van der Waals surface area contributed by atoms with Gasteiger partial charge in [-0.25, -0.2) is 0 Å². The van der Waals surface area contributed by atoms with Crippen LogP contribution in [0.25, 0.3) is 6.08 Å². The highest BCUT2D eigenvalue weighted by Crippen LogP contribution is 2.37. The molecule has 0 aliphatic carbocycles. The second-order valence-corrected chi connectivity index (χ2v) is 11.1. The van der Waals surface area contributed by atoms with E-state index in [0.717, 1.165) is 30.9 Å². The lowest BCUT2D eigenvalue weighted by Crippen LogP contribution is -2.42. The van der Waals surface area contributed by atoms with Crippen LogP contribution >= 0.6 is 24.0 Å².